The first-order valence-corrected chi connectivity index (χ1v) is 14.2. The van der Waals surface area contributed by atoms with Crippen LogP contribution >= 0.6 is 0 Å². The van der Waals surface area contributed by atoms with Gasteiger partial charge in [0.25, 0.3) is 0 Å². The topological polar surface area (TPSA) is 38.7 Å². The summed E-state index contributed by atoms with van der Waals surface area (Å²) >= 11 is 0. The van der Waals surface area contributed by atoms with Crippen molar-refractivity contribution in [2.24, 2.45) is 0 Å². The zero-order valence-electron chi connectivity index (χ0n) is 21.9. The van der Waals surface area contributed by atoms with Gasteiger partial charge in [-0.25, -0.2) is 4.98 Å². The zero-order chi connectivity index (χ0) is 24.4. The second kappa shape index (κ2) is 17.0. The number of aromatic nitrogens is 3. The molecule has 0 spiro atoms. The van der Waals surface area contributed by atoms with Gasteiger partial charge in [0.05, 0.1) is 22.8 Å². The molecule has 3 nitrogen and oxygen atoms in total. The molecule has 0 aliphatic heterocycles. The van der Waals surface area contributed by atoms with Crippen LogP contribution in [0.3, 0.4) is 0 Å². The van der Waals surface area contributed by atoms with Crippen LogP contribution in [0.2, 0.25) is 0 Å². The number of aryl methyl sites for hydroxylation is 1. The van der Waals surface area contributed by atoms with Crippen molar-refractivity contribution in [1.82, 2.24) is 15.0 Å². The SMILES string of the molecule is CCCCCCCCCCCCCCCCCc1cc(-c2ccccn2)nc(-c2ccccn2)c1. The van der Waals surface area contributed by atoms with E-state index in [2.05, 4.69) is 29.0 Å². The van der Waals surface area contributed by atoms with Crippen molar-refractivity contribution in [3.05, 3.63) is 66.5 Å². The van der Waals surface area contributed by atoms with E-state index in [1.54, 1.807) is 0 Å². The minimum Gasteiger partial charge on any atom is -0.255 e. The predicted molar refractivity (Wildman–Crippen MR) is 149 cm³/mol. The fraction of sp³-hybridized carbons (Fsp3) is 0.531. The fourth-order valence-corrected chi connectivity index (χ4v) is 4.72. The summed E-state index contributed by atoms with van der Waals surface area (Å²) in [6, 6.07) is 16.4. The molecule has 188 valence electrons. The average molecular weight is 472 g/mol. The van der Waals surface area contributed by atoms with E-state index in [1.165, 1.54) is 102 Å². The van der Waals surface area contributed by atoms with Crippen molar-refractivity contribution in [2.75, 3.05) is 0 Å². The van der Waals surface area contributed by atoms with Crippen LogP contribution in [0.1, 0.15) is 109 Å². The van der Waals surface area contributed by atoms with Gasteiger partial charge in [-0.3, -0.25) is 9.97 Å². The molecule has 0 aliphatic carbocycles. The molecule has 0 N–H and O–H groups in total. The normalized spacial score (nSPS) is 11.1. The van der Waals surface area contributed by atoms with Crippen LogP contribution in [0, 0.1) is 0 Å². The summed E-state index contributed by atoms with van der Waals surface area (Å²) < 4.78 is 0. The molecule has 0 aliphatic rings. The van der Waals surface area contributed by atoms with Crippen LogP contribution < -0.4 is 0 Å². The lowest BCUT2D eigenvalue weighted by atomic mass is 10.0. The highest BCUT2D eigenvalue weighted by Crippen LogP contribution is 2.24. The van der Waals surface area contributed by atoms with E-state index >= 15 is 0 Å². The number of hydrogen-bond donors (Lipinski definition) is 0. The second-order valence-corrected chi connectivity index (χ2v) is 9.88. The van der Waals surface area contributed by atoms with E-state index in [-0.39, 0.29) is 0 Å². The number of unbranched alkanes of at least 4 members (excludes halogenated alkanes) is 14. The quantitative estimate of drug-likeness (QED) is 0.173. The number of pyridine rings is 3. The molecular formula is C32H45N3. The molecular weight excluding hydrogens is 426 g/mol. The van der Waals surface area contributed by atoms with Gasteiger partial charge in [-0.15, -0.1) is 0 Å². The standard InChI is InChI=1S/C32H45N3/c1-2-3-4-5-6-7-8-9-10-11-12-13-14-15-16-21-28-26-31(29-22-17-19-24-33-29)35-32(27-28)30-23-18-20-25-34-30/h17-20,22-27H,2-16,21H2,1H3. The Hall–Kier alpha value is -2.55. The van der Waals surface area contributed by atoms with Crippen LogP contribution in [-0.4, -0.2) is 15.0 Å². The van der Waals surface area contributed by atoms with Crippen molar-refractivity contribution in [2.45, 2.75) is 110 Å². The second-order valence-electron chi connectivity index (χ2n) is 9.88. The van der Waals surface area contributed by atoms with Gasteiger partial charge in [-0.05, 0) is 54.8 Å². The summed E-state index contributed by atoms with van der Waals surface area (Å²) in [4.78, 5) is 13.9. The van der Waals surface area contributed by atoms with Gasteiger partial charge in [0, 0.05) is 12.4 Å². The third kappa shape index (κ3) is 10.7. The highest BCUT2D eigenvalue weighted by molar-refractivity contribution is 5.63. The van der Waals surface area contributed by atoms with Gasteiger partial charge in [-0.2, -0.15) is 0 Å². The van der Waals surface area contributed by atoms with Crippen LogP contribution in [-0.2, 0) is 6.42 Å². The third-order valence-electron chi connectivity index (χ3n) is 6.81. The molecule has 0 bridgehead atoms. The molecule has 3 aromatic heterocycles. The largest absolute Gasteiger partial charge is 0.255 e. The number of hydrogen-bond acceptors (Lipinski definition) is 3. The van der Waals surface area contributed by atoms with Gasteiger partial charge in [0.15, 0.2) is 0 Å². The Bertz CT molecular complexity index is 866. The lowest BCUT2D eigenvalue weighted by Crippen LogP contribution is -1.96. The van der Waals surface area contributed by atoms with E-state index in [0.717, 1.165) is 29.2 Å². The van der Waals surface area contributed by atoms with E-state index in [4.69, 9.17) is 4.98 Å². The first-order valence-electron chi connectivity index (χ1n) is 14.2. The van der Waals surface area contributed by atoms with Crippen molar-refractivity contribution in [3.8, 4) is 22.8 Å². The first kappa shape index (κ1) is 27.0. The molecule has 3 rings (SSSR count). The molecule has 0 radical (unpaired) electrons. The highest BCUT2D eigenvalue weighted by Gasteiger charge is 2.09. The lowest BCUT2D eigenvalue weighted by Gasteiger charge is -2.09. The van der Waals surface area contributed by atoms with Crippen LogP contribution in [0.25, 0.3) is 22.8 Å². The number of nitrogens with zero attached hydrogens (tertiary/aromatic N) is 3. The molecule has 35 heavy (non-hydrogen) atoms. The Morgan fingerprint density at radius 2 is 0.914 bits per heavy atom. The lowest BCUT2D eigenvalue weighted by molar-refractivity contribution is 0.532. The Kier molecular flexibility index (Phi) is 13.1. The maximum atomic E-state index is 4.87. The Morgan fingerprint density at radius 1 is 0.486 bits per heavy atom. The summed E-state index contributed by atoms with van der Waals surface area (Å²) in [6.07, 6.45) is 25.7. The first-order chi connectivity index (χ1) is 17.4. The van der Waals surface area contributed by atoms with Gasteiger partial charge < -0.3 is 0 Å². The minimum absolute atomic E-state index is 0.919. The monoisotopic (exact) mass is 471 g/mol. The third-order valence-corrected chi connectivity index (χ3v) is 6.81. The van der Waals surface area contributed by atoms with Crippen LogP contribution in [0.15, 0.2) is 60.9 Å². The molecule has 3 aromatic rings. The minimum atomic E-state index is 0.919. The molecule has 0 saturated carbocycles. The summed E-state index contributed by atoms with van der Waals surface area (Å²) in [5, 5.41) is 0. The molecule has 0 unspecified atom stereocenters. The highest BCUT2D eigenvalue weighted by atomic mass is 14.8. The summed E-state index contributed by atoms with van der Waals surface area (Å²) in [5.41, 5.74) is 5.04. The van der Waals surface area contributed by atoms with Gasteiger partial charge in [0.1, 0.15) is 0 Å². The zero-order valence-corrected chi connectivity index (χ0v) is 21.9. The van der Waals surface area contributed by atoms with Crippen molar-refractivity contribution < 1.29 is 0 Å². The van der Waals surface area contributed by atoms with Gasteiger partial charge >= 0.3 is 0 Å². The van der Waals surface area contributed by atoms with Gasteiger partial charge in [-0.1, -0.05) is 109 Å². The molecule has 0 amide bonds. The molecule has 0 fully saturated rings. The summed E-state index contributed by atoms with van der Waals surface area (Å²) in [5.74, 6) is 0. The van der Waals surface area contributed by atoms with Crippen molar-refractivity contribution in [1.29, 1.82) is 0 Å². The Labute approximate surface area is 213 Å². The van der Waals surface area contributed by atoms with E-state index in [1.807, 2.05) is 48.8 Å². The Balaban J connectivity index is 1.34. The van der Waals surface area contributed by atoms with E-state index in [9.17, 15) is 0 Å². The van der Waals surface area contributed by atoms with Crippen LogP contribution in [0.5, 0.6) is 0 Å². The maximum absolute atomic E-state index is 4.87. The van der Waals surface area contributed by atoms with Gasteiger partial charge in [0.2, 0.25) is 0 Å². The molecule has 0 atom stereocenters. The van der Waals surface area contributed by atoms with E-state index in [0.29, 0.717) is 0 Å². The summed E-state index contributed by atoms with van der Waals surface area (Å²) in [6.45, 7) is 2.29. The molecule has 3 heterocycles. The molecule has 3 heteroatoms. The predicted octanol–water partition coefficient (Wildman–Crippen LogP) is 9.62. The average Bonchev–Trinajstić information content (AvgIpc) is 2.91. The van der Waals surface area contributed by atoms with Crippen LogP contribution in [0.4, 0.5) is 0 Å². The molecule has 0 aromatic carbocycles. The van der Waals surface area contributed by atoms with E-state index < -0.39 is 0 Å². The smallest absolute Gasteiger partial charge is 0.0897 e. The maximum Gasteiger partial charge on any atom is 0.0897 e. The fourth-order valence-electron chi connectivity index (χ4n) is 4.72. The van der Waals surface area contributed by atoms with Crippen molar-refractivity contribution >= 4 is 0 Å². The molecule has 0 saturated heterocycles. The van der Waals surface area contributed by atoms with Crippen molar-refractivity contribution in [3.63, 3.8) is 0 Å². The summed E-state index contributed by atoms with van der Waals surface area (Å²) in [7, 11) is 0. The Morgan fingerprint density at radius 3 is 1.31 bits per heavy atom. The number of rotatable bonds is 18.